The molecule has 1 N–H and O–H groups in total. The van der Waals surface area contributed by atoms with Crippen LogP contribution in [0, 0.1) is 0 Å². The fourth-order valence-electron chi connectivity index (χ4n) is 1.31. The molecule has 1 aromatic rings. The highest BCUT2D eigenvalue weighted by Gasteiger charge is 2.07. The van der Waals surface area contributed by atoms with Crippen molar-refractivity contribution in [3.63, 3.8) is 0 Å². The summed E-state index contributed by atoms with van der Waals surface area (Å²) in [6, 6.07) is 1.83. The normalized spacial score (nSPS) is 9.94. The fourth-order valence-corrected chi connectivity index (χ4v) is 1.31. The molecule has 5 nitrogen and oxygen atoms in total. The average Bonchev–Trinajstić information content (AvgIpc) is 2.29. The van der Waals surface area contributed by atoms with Crippen molar-refractivity contribution in [1.29, 1.82) is 0 Å². The van der Waals surface area contributed by atoms with Crippen LogP contribution in [0.2, 0.25) is 0 Å². The Hall–Kier alpha value is -1.62. The number of aliphatic hydroxyl groups is 1. The van der Waals surface area contributed by atoms with Crippen LogP contribution in [-0.4, -0.2) is 48.9 Å². The van der Waals surface area contributed by atoms with Gasteiger partial charge in [-0.2, -0.15) is 4.98 Å². The van der Waals surface area contributed by atoms with Gasteiger partial charge in [0.1, 0.15) is 5.82 Å². The Bertz CT molecular complexity index is 341. The molecule has 88 valence electrons. The molecule has 0 radical (unpaired) electrons. The van der Waals surface area contributed by atoms with E-state index in [9.17, 15) is 0 Å². The lowest BCUT2D eigenvalue weighted by atomic mass is 10.4. The lowest BCUT2D eigenvalue weighted by molar-refractivity contribution is 0.302. The van der Waals surface area contributed by atoms with Crippen molar-refractivity contribution in [2.24, 2.45) is 0 Å². The Labute approximate surface area is 96.0 Å². The first kappa shape index (κ1) is 12.4. The molecule has 1 rings (SSSR count). The van der Waals surface area contributed by atoms with Crippen LogP contribution in [-0.2, 0) is 0 Å². The van der Waals surface area contributed by atoms with E-state index in [4.69, 9.17) is 5.11 Å². The van der Waals surface area contributed by atoms with Crippen LogP contribution in [0.15, 0.2) is 24.9 Å². The van der Waals surface area contributed by atoms with E-state index < -0.39 is 0 Å². The lowest BCUT2D eigenvalue weighted by Gasteiger charge is -2.22. The molecule has 0 aliphatic rings. The van der Waals surface area contributed by atoms with Gasteiger partial charge in [-0.3, -0.25) is 0 Å². The van der Waals surface area contributed by atoms with Crippen molar-refractivity contribution < 1.29 is 5.11 Å². The van der Waals surface area contributed by atoms with Crippen LogP contribution >= 0.6 is 0 Å². The van der Waals surface area contributed by atoms with Crippen LogP contribution in [0.3, 0.4) is 0 Å². The number of aromatic nitrogens is 2. The SMILES string of the molecule is C=CCN(CCO)c1ccnc(N(C)C)n1. The highest BCUT2D eigenvalue weighted by atomic mass is 16.3. The molecule has 0 unspecified atom stereocenters. The van der Waals surface area contributed by atoms with Crippen LogP contribution in [0.4, 0.5) is 11.8 Å². The molecule has 0 fully saturated rings. The van der Waals surface area contributed by atoms with Gasteiger partial charge in [0, 0.05) is 33.4 Å². The predicted molar refractivity (Wildman–Crippen MR) is 65.9 cm³/mol. The summed E-state index contributed by atoms with van der Waals surface area (Å²) in [5.41, 5.74) is 0. The van der Waals surface area contributed by atoms with Crippen molar-refractivity contribution in [1.82, 2.24) is 9.97 Å². The highest BCUT2D eigenvalue weighted by Crippen LogP contribution is 2.12. The number of anilines is 2. The summed E-state index contributed by atoms with van der Waals surface area (Å²) in [7, 11) is 3.78. The van der Waals surface area contributed by atoms with Gasteiger partial charge in [-0.25, -0.2) is 4.98 Å². The van der Waals surface area contributed by atoms with Gasteiger partial charge < -0.3 is 14.9 Å². The number of rotatable bonds is 6. The zero-order valence-corrected chi connectivity index (χ0v) is 9.80. The van der Waals surface area contributed by atoms with E-state index in [1.54, 1.807) is 12.3 Å². The maximum absolute atomic E-state index is 8.97. The topological polar surface area (TPSA) is 52.5 Å². The van der Waals surface area contributed by atoms with Crippen molar-refractivity contribution in [3.8, 4) is 0 Å². The van der Waals surface area contributed by atoms with E-state index in [2.05, 4.69) is 16.5 Å². The second kappa shape index (κ2) is 6.07. The van der Waals surface area contributed by atoms with E-state index in [0.717, 1.165) is 5.82 Å². The van der Waals surface area contributed by atoms with Crippen LogP contribution in [0.1, 0.15) is 0 Å². The molecule has 1 heterocycles. The van der Waals surface area contributed by atoms with Gasteiger partial charge in [0.05, 0.1) is 6.61 Å². The number of hydrogen-bond acceptors (Lipinski definition) is 5. The van der Waals surface area contributed by atoms with Crippen molar-refractivity contribution >= 4 is 11.8 Å². The third kappa shape index (κ3) is 3.20. The zero-order chi connectivity index (χ0) is 12.0. The summed E-state index contributed by atoms with van der Waals surface area (Å²) >= 11 is 0. The van der Waals surface area contributed by atoms with E-state index >= 15 is 0 Å². The lowest BCUT2D eigenvalue weighted by Crippen LogP contribution is -2.28. The van der Waals surface area contributed by atoms with E-state index in [-0.39, 0.29) is 6.61 Å². The highest BCUT2D eigenvalue weighted by molar-refractivity contribution is 5.43. The number of aliphatic hydroxyl groups excluding tert-OH is 1. The minimum Gasteiger partial charge on any atom is -0.395 e. The summed E-state index contributed by atoms with van der Waals surface area (Å²) in [6.07, 6.45) is 3.50. The quantitative estimate of drug-likeness (QED) is 0.711. The third-order valence-electron chi connectivity index (χ3n) is 2.07. The first-order valence-corrected chi connectivity index (χ1v) is 5.16. The number of nitrogens with zero attached hydrogens (tertiary/aromatic N) is 4. The van der Waals surface area contributed by atoms with Gasteiger partial charge in [0.15, 0.2) is 0 Å². The maximum atomic E-state index is 8.97. The zero-order valence-electron chi connectivity index (χ0n) is 9.80. The van der Waals surface area contributed by atoms with E-state index in [1.165, 1.54) is 0 Å². The molecule has 1 aromatic heterocycles. The van der Waals surface area contributed by atoms with E-state index in [1.807, 2.05) is 30.0 Å². The van der Waals surface area contributed by atoms with Crippen molar-refractivity contribution in [2.45, 2.75) is 0 Å². The van der Waals surface area contributed by atoms with Gasteiger partial charge in [0.2, 0.25) is 5.95 Å². The Morgan fingerprint density at radius 2 is 2.25 bits per heavy atom. The molecular formula is C11H18N4O. The van der Waals surface area contributed by atoms with Gasteiger partial charge >= 0.3 is 0 Å². The molecule has 16 heavy (non-hydrogen) atoms. The molecule has 0 saturated carbocycles. The Morgan fingerprint density at radius 1 is 1.50 bits per heavy atom. The minimum absolute atomic E-state index is 0.0924. The van der Waals surface area contributed by atoms with Crippen molar-refractivity contribution in [3.05, 3.63) is 24.9 Å². The van der Waals surface area contributed by atoms with Gasteiger partial charge in [-0.15, -0.1) is 6.58 Å². The molecule has 0 saturated heterocycles. The number of hydrogen-bond donors (Lipinski definition) is 1. The molecule has 0 amide bonds. The first-order chi connectivity index (χ1) is 7.69. The summed E-state index contributed by atoms with van der Waals surface area (Å²) in [5, 5.41) is 8.97. The Balaban J connectivity index is 2.90. The smallest absolute Gasteiger partial charge is 0.226 e. The van der Waals surface area contributed by atoms with Crippen LogP contribution in [0.25, 0.3) is 0 Å². The summed E-state index contributed by atoms with van der Waals surface area (Å²) in [4.78, 5) is 12.3. The first-order valence-electron chi connectivity index (χ1n) is 5.16. The molecule has 0 spiro atoms. The summed E-state index contributed by atoms with van der Waals surface area (Å²) < 4.78 is 0. The predicted octanol–water partition coefficient (Wildman–Crippen LogP) is 0.527. The molecule has 0 aromatic carbocycles. The third-order valence-corrected chi connectivity index (χ3v) is 2.07. The molecule has 0 aliphatic carbocycles. The second-order valence-corrected chi connectivity index (χ2v) is 3.57. The average molecular weight is 222 g/mol. The fraction of sp³-hybridized carbons (Fsp3) is 0.455. The van der Waals surface area contributed by atoms with Gasteiger partial charge in [-0.1, -0.05) is 6.08 Å². The van der Waals surface area contributed by atoms with Crippen LogP contribution in [0.5, 0.6) is 0 Å². The molecule has 5 heteroatoms. The van der Waals surface area contributed by atoms with Crippen LogP contribution < -0.4 is 9.80 Å². The Kier molecular flexibility index (Phi) is 4.72. The standard InChI is InChI=1S/C11H18N4O/c1-4-7-15(8-9-16)10-5-6-12-11(13-10)14(2)3/h4-6,16H,1,7-9H2,2-3H3. The largest absolute Gasteiger partial charge is 0.395 e. The summed E-state index contributed by atoms with van der Waals surface area (Å²) in [6.45, 7) is 4.98. The van der Waals surface area contributed by atoms with Gasteiger partial charge in [0.25, 0.3) is 0 Å². The molecule has 0 atom stereocenters. The maximum Gasteiger partial charge on any atom is 0.226 e. The Morgan fingerprint density at radius 3 is 2.81 bits per heavy atom. The second-order valence-electron chi connectivity index (χ2n) is 3.57. The molecular weight excluding hydrogens is 204 g/mol. The van der Waals surface area contributed by atoms with Crippen molar-refractivity contribution in [2.75, 3.05) is 43.6 Å². The molecule has 0 aliphatic heterocycles. The monoisotopic (exact) mass is 222 g/mol. The van der Waals surface area contributed by atoms with Gasteiger partial charge in [-0.05, 0) is 6.07 Å². The van der Waals surface area contributed by atoms with E-state index in [0.29, 0.717) is 19.0 Å². The minimum atomic E-state index is 0.0924. The summed E-state index contributed by atoms with van der Waals surface area (Å²) in [5.74, 6) is 1.46. The molecule has 0 bridgehead atoms.